The van der Waals surface area contributed by atoms with E-state index in [1.54, 1.807) is 6.07 Å². The van der Waals surface area contributed by atoms with Gasteiger partial charge in [0.1, 0.15) is 11.9 Å². The highest BCUT2D eigenvalue weighted by atomic mass is 16.5. The number of amides is 2. The molecule has 0 aliphatic carbocycles. The molecule has 0 spiro atoms. The Morgan fingerprint density at radius 3 is 2.89 bits per heavy atom. The van der Waals surface area contributed by atoms with E-state index in [0.29, 0.717) is 17.0 Å². The Bertz CT molecular complexity index is 517. The normalized spacial score (nSPS) is 16.8. The molecule has 2 unspecified atom stereocenters. The van der Waals surface area contributed by atoms with Gasteiger partial charge in [0.15, 0.2) is 6.61 Å². The van der Waals surface area contributed by atoms with Crippen LogP contribution in [0.25, 0.3) is 0 Å². The van der Waals surface area contributed by atoms with Crippen molar-refractivity contribution in [2.45, 2.75) is 18.6 Å². The average molecular weight is 266 g/mol. The molecule has 102 valence electrons. The van der Waals surface area contributed by atoms with Crippen LogP contribution < -0.4 is 15.8 Å². The minimum atomic E-state index is -1.28. The lowest BCUT2D eigenvalue weighted by atomic mass is 10.0. The van der Waals surface area contributed by atoms with E-state index in [1.165, 1.54) is 12.1 Å². The Balaban J connectivity index is 2.17. The number of hydrogen-bond acceptors (Lipinski definition) is 5. The molecule has 0 fully saturated rings. The Hall–Kier alpha value is -2.12. The van der Waals surface area contributed by atoms with Gasteiger partial charge in [-0.2, -0.15) is 0 Å². The summed E-state index contributed by atoms with van der Waals surface area (Å²) in [6.07, 6.45) is -2.87. The second-order valence-corrected chi connectivity index (χ2v) is 4.28. The van der Waals surface area contributed by atoms with E-state index in [9.17, 15) is 19.8 Å². The van der Waals surface area contributed by atoms with Crippen molar-refractivity contribution in [3.05, 3.63) is 23.8 Å². The van der Waals surface area contributed by atoms with Crippen molar-refractivity contribution in [1.82, 2.24) is 0 Å². The van der Waals surface area contributed by atoms with E-state index in [2.05, 4.69) is 5.32 Å². The monoisotopic (exact) mass is 266 g/mol. The molecule has 2 atom stereocenters. The summed E-state index contributed by atoms with van der Waals surface area (Å²) in [5.74, 6) is -0.551. The van der Waals surface area contributed by atoms with E-state index in [4.69, 9.17) is 10.5 Å². The highest BCUT2D eigenvalue weighted by Crippen LogP contribution is 2.31. The topological polar surface area (TPSA) is 122 Å². The highest BCUT2D eigenvalue weighted by molar-refractivity contribution is 5.95. The Kier molecular flexibility index (Phi) is 3.68. The Morgan fingerprint density at radius 2 is 2.21 bits per heavy atom. The maximum atomic E-state index is 11.1. The molecule has 19 heavy (non-hydrogen) atoms. The van der Waals surface area contributed by atoms with Crippen LogP contribution in [0.15, 0.2) is 18.2 Å². The third-order valence-electron chi connectivity index (χ3n) is 2.75. The zero-order valence-electron chi connectivity index (χ0n) is 10.00. The van der Waals surface area contributed by atoms with Crippen LogP contribution in [0.3, 0.4) is 0 Å². The van der Waals surface area contributed by atoms with Crippen molar-refractivity contribution in [2.75, 3.05) is 11.9 Å². The molecule has 1 heterocycles. The first-order valence-corrected chi connectivity index (χ1v) is 5.68. The molecule has 0 radical (unpaired) electrons. The van der Waals surface area contributed by atoms with Crippen molar-refractivity contribution in [3.8, 4) is 5.75 Å². The molecule has 1 aromatic rings. The standard InChI is InChI=1S/C12H14N2O5/c13-10(16)4-8(15)12(18)6-1-2-7-9(3-6)19-5-11(17)14-7/h1-3,8,12,15,18H,4-5H2,(H2,13,16)(H,14,17). The van der Waals surface area contributed by atoms with Gasteiger partial charge in [-0.25, -0.2) is 0 Å². The fourth-order valence-corrected chi connectivity index (χ4v) is 1.82. The number of benzene rings is 1. The van der Waals surface area contributed by atoms with Crippen LogP contribution in [0.5, 0.6) is 5.75 Å². The van der Waals surface area contributed by atoms with Gasteiger partial charge >= 0.3 is 0 Å². The van der Waals surface area contributed by atoms with Gasteiger partial charge < -0.3 is 26.0 Å². The van der Waals surface area contributed by atoms with Crippen LogP contribution >= 0.6 is 0 Å². The quantitative estimate of drug-likeness (QED) is 0.573. The molecule has 1 aliphatic heterocycles. The number of anilines is 1. The number of carbonyl (C=O) groups excluding carboxylic acids is 2. The predicted molar refractivity (Wildman–Crippen MR) is 65.3 cm³/mol. The third kappa shape index (κ3) is 3.01. The first-order chi connectivity index (χ1) is 8.97. The van der Waals surface area contributed by atoms with Gasteiger partial charge in [0, 0.05) is 0 Å². The van der Waals surface area contributed by atoms with Crippen molar-refractivity contribution >= 4 is 17.5 Å². The van der Waals surface area contributed by atoms with Crippen molar-refractivity contribution in [1.29, 1.82) is 0 Å². The van der Waals surface area contributed by atoms with Crippen LogP contribution in [-0.2, 0) is 9.59 Å². The van der Waals surface area contributed by atoms with Gasteiger partial charge in [0.05, 0.1) is 18.2 Å². The van der Waals surface area contributed by atoms with Crippen LogP contribution in [0, 0.1) is 0 Å². The molecule has 0 aromatic heterocycles. The number of aliphatic hydroxyl groups is 2. The Morgan fingerprint density at radius 1 is 1.47 bits per heavy atom. The number of primary amides is 1. The number of aliphatic hydroxyl groups excluding tert-OH is 2. The van der Waals surface area contributed by atoms with Crippen LogP contribution in [0.4, 0.5) is 5.69 Å². The van der Waals surface area contributed by atoms with Gasteiger partial charge in [0.2, 0.25) is 5.91 Å². The molecule has 0 saturated heterocycles. The van der Waals surface area contributed by atoms with Gasteiger partial charge in [-0.3, -0.25) is 9.59 Å². The molecular formula is C12H14N2O5. The zero-order chi connectivity index (χ0) is 14.0. The molecule has 5 N–H and O–H groups in total. The first kappa shape index (κ1) is 13.3. The summed E-state index contributed by atoms with van der Waals surface area (Å²) >= 11 is 0. The van der Waals surface area contributed by atoms with Gasteiger partial charge in [0.25, 0.3) is 5.91 Å². The molecule has 7 heteroatoms. The first-order valence-electron chi connectivity index (χ1n) is 5.68. The molecule has 1 aliphatic rings. The van der Waals surface area contributed by atoms with Crippen LogP contribution in [-0.4, -0.2) is 34.7 Å². The molecule has 0 saturated carbocycles. The second-order valence-electron chi connectivity index (χ2n) is 4.28. The molecule has 1 aromatic carbocycles. The molecular weight excluding hydrogens is 252 g/mol. The van der Waals surface area contributed by atoms with Crippen molar-refractivity contribution in [2.24, 2.45) is 5.73 Å². The lowest BCUT2D eigenvalue weighted by molar-refractivity contribution is -0.122. The summed E-state index contributed by atoms with van der Waals surface area (Å²) in [5, 5.41) is 22.1. The lowest BCUT2D eigenvalue weighted by Gasteiger charge is -2.21. The number of carbonyl (C=O) groups is 2. The molecule has 2 amide bonds. The zero-order valence-corrected chi connectivity index (χ0v) is 10.00. The fourth-order valence-electron chi connectivity index (χ4n) is 1.82. The van der Waals surface area contributed by atoms with E-state index < -0.39 is 18.1 Å². The van der Waals surface area contributed by atoms with Crippen molar-refractivity contribution in [3.63, 3.8) is 0 Å². The fraction of sp³-hybridized carbons (Fsp3) is 0.333. The molecule has 2 rings (SSSR count). The van der Waals surface area contributed by atoms with E-state index in [-0.39, 0.29) is 18.9 Å². The van der Waals surface area contributed by atoms with Gasteiger partial charge in [-0.15, -0.1) is 0 Å². The summed E-state index contributed by atoms with van der Waals surface area (Å²) in [5.41, 5.74) is 5.83. The van der Waals surface area contributed by atoms with Gasteiger partial charge in [-0.05, 0) is 17.7 Å². The van der Waals surface area contributed by atoms with E-state index >= 15 is 0 Å². The number of hydrogen-bond donors (Lipinski definition) is 4. The number of rotatable bonds is 4. The van der Waals surface area contributed by atoms with Crippen LogP contribution in [0.1, 0.15) is 18.1 Å². The maximum Gasteiger partial charge on any atom is 0.262 e. The summed E-state index contributed by atoms with van der Waals surface area (Å²) < 4.78 is 5.19. The number of nitrogens with two attached hydrogens (primary N) is 1. The number of ether oxygens (including phenoxy) is 1. The minimum absolute atomic E-state index is 0.101. The average Bonchev–Trinajstić information content (AvgIpc) is 2.36. The summed E-state index contributed by atoms with van der Waals surface area (Å²) in [4.78, 5) is 21.8. The maximum absolute atomic E-state index is 11.1. The SMILES string of the molecule is NC(=O)CC(O)C(O)c1ccc2c(c1)OCC(=O)N2. The van der Waals surface area contributed by atoms with Crippen LogP contribution in [0.2, 0.25) is 0 Å². The lowest BCUT2D eigenvalue weighted by Crippen LogP contribution is -2.27. The predicted octanol–water partition coefficient (Wildman–Crippen LogP) is -0.713. The number of nitrogens with one attached hydrogen (secondary N) is 1. The third-order valence-corrected chi connectivity index (χ3v) is 2.75. The van der Waals surface area contributed by atoms with Crippen molar-refractivity contribution < 1.29 is 24.5 Å². The minimum Gasteiger partial charge on any atom is -0.482 e. The smallest absolute Gasteiger partial charge is 0.262 e. The van der Waals surface area contributed by atoms with Gasteiger partial charge in [-0.1, -0.05) is 6.07 Å². The summed E-state index contributed by atoms with van der Waals surface area (Å²) in [6.45, 7) is -0.101. The highest BCUT2D eigenvalue weighted by Gasteiger charge is 2.23. The number of fused-ring (bicyclic) bond motifs is 1. The Labute approximate surface area is 109 Å². The second kappa shape index (κ2) is 5.25. The molecule has 0 bridgehead atoms. The summed E-state index contributed by atoms with van der Waals surface area (Å²) in [7, 11) is 0. The largest absolute Gasteiger partial charge is 0.482 e. The van der Waals surface area contributed by atoms with E-state index in [1.807, 2.05) is 0 Å². The van der Waals surface area contributed by atoms with E-state index in [0.717, 1.165) is 0 Å². The summed E-state index contributed by atoms with van der Waals surface area (Å²) in [6, 6.07) is 4.59. The molecule has 7 nitrogen and oxygen atoms in total.